The van der Waals surface area contributed by atoms with Crippen LogP contribution in [0.15, 0.2) is 22.7 Å². The van der Waals surface area contributed by atoms with E-state index in [9.17, 15) is 0 Å². The van der Waals surface area contributed by atoms with Crippen molar-refractivity contribution >= 4 is 22.9 Å². The van der Waals surface area contributed by atoms with E-state index < -0.39 is 0 Å². The van der Waals surface area contributed by atoms with Crippen LogP contribution in [0.1, 0.15) is 39.9 Å². The van der Waals surface area contributed by atoms with E-state index in [1.807, 2.05) is 24.3 Å². The number of thiophene rings is 1. The number of hydrogen-bond acceptors (Lipinski definition) is 7. The molecule has 3 aromatic rings. The molecule has 0 spiro atoms. The molecule has 0 N–H and O–H groups in total. The smallest absolute Gasteiger partial charge is 0.180 e. The lowest BCUT2D eigenvalue weighted by Gasteiger charge is -2.31. The van der Waals surface area contributed by atoms with E-state index in [0.717, 1.165) is 48.1 Å². The van der Waals surface area contributed by atoms with Gasteiger partial charge in [-0.15, -0.1) is 16.4 Å². The van der Waals surface area contributed by atoms with Crippen molar-refractivity contribution in [1.29, 1.82) is 0 Å². The molecule has 0 saturated carbocycles. The number of likely N-dealkylation sites (tertiary alicyclic amines) is 1. The maximum atomic E-state index is 5.43. The van der Waals surface area contributed by atoms with Crippen LogP contribution in [0, 0.1) is 13.8 Å². The third kappa shape index (κ3) is 3.29. The van der Waals surface area contributed by atoms with Crippen molar-refractivity contribution in [3.05, 3.63) is 39.3 Å². The Morgan fingerprint density at radius 2 is 2.25 bits per heavy atom. The summed E-state index contributed by atoms with van der Waals surface area (Å²) in [6.07, 6.45) is 2.35. The predicted octanol–water partition coefficient (Wildman–Crippen LogP) is 4.25. The summed E-state index contributed by atoms with van der Waals surface area (Å²) in [7, 11) is 0. The highest BCUT2D eigenvalue weighted by Gasteiger charge is 2.28. The topological polar surface area (TPSA) is 55.1 Å². The Balaban J connectivity index is 1.51. The number of rotatable bonds is 4. The summed E-state index contributed by atoms with van der Waals surface area (Å²) in [6, 6.07) is 6.42. The molecule has 3 aromatic heterocycles. The minimum atomic E-state index is 0.416. The first-order valence-electron chi connectivity index (χ1n) is 8.22. The number of hydrogen-bond donors (Lipinski definition) is 0. The second-order valence-electron chi connectivity index (χ2n) is 6.41. The summed E-state index contributed by atoms with van der Waals surface area (Å²) in [6.45, 7) is 7.32. The van der Waals surface area contributed by atoms with E-state index in [0.29, 0.717) is 5.92 Å². The third-order valence-electron chi connectivity index (χ3n) is 4.43. The molecule has 0 aliphatic carbocycles. The first kappa shape index (κ1) is 15.9. The highest BCUT2D eigenvalue weighted by Crippen LogP contribution is 2.36. The van der Waals surface area contributed by atoms with E-state index in [4.69, 9.17) is 4.52 Å². The molecule has 0 bridgehead atoms. The second-order valence-corrected chi connectivity index (χ2v) is 8.53. The van der Waals surface area contributed by atoms with Crippen molar-refractivity contribution in [1.82, 2.24) is 19.6 Å². The quantitative estimate of drug-likeness (QED) is 0.696. The molecule has 1 aliphatic rings. The lowest BCUT2D eigenvalue weighted by Crippen LogP contribution is -2.33. The van der Waals surface area contributed by atoms with E-state index in [1.165, 1.54) is 27.7 Å². The van der Waals surface area contributed by atoms with Gasteiger partial charge in [0.1, 0.15) is 4.88 Å². The first-order chi connectivity index (χ1) is 11.7. The number of aryl methyl sites for hydroxylation is 2. The van der Waals surface area contributed by atoms with Crippen LogP contribution in [0.2, 0.25) is 0 Å². The summed E-state index contributed by atoms with van der Waals surface area (Å²) in [5.41, 5.74) is 1.96. The molecule has 0 radical (unpaired) electrons. The summed E-state index contributed by atoms with van der Waals surface area (Å²) in [4.78, 5) is 6.39. The van der Waals surface area contributed by atoms with Gasteiger partial charge in [0.25, 0.3) is 0 Å². The summed E-state index contributed by atoms with van der Waals surface area (Å²) >= 11 is 3.30. The van der Waals surface area contributed by atoms with Gasteiger partial charge in [-0.25, -0.2) is 0 Å². The highest BCUT2D eigenvalue weighted by molar-refractivity contribution is 7.11. The van der Waals surface area contributed by atoms with Crippen molar-refractivity contribution in [2.45, 2.75) is 39.2 Å². The van der Waals surface area contributed by atoms with Crippen LogP contribution >= 0.6 is 22.9 Å². The Bertz CT molecular complexity index is 822. The van der Waals surface area contributed by atoms with Gasteiger partial charge in [0, 0.05) is 34.8 Å². The standard InChI is InChI=1S/C17H20N4OS2/c1-11-8-15(22-19-11)17-16(18-20-24-17)13-4-3-7-21(9-13)10-14-6-5-12(2)23-14/h5-6,8,13H,3-4,7,9-10H2,1-2H3. The average molecular weight is 361 g/mol. The molecule has 0 aromatic carbocycles. The van der Waals surface area contributed by atoms with Crippen molar-refractivity contribution in [3.63, 3.8) is 0 Å². The van der Waals surface area contributed by atoms with Crippen LogP contribution in [0.3, 0.4) is 0 Å². The monoisotopic (exact) mass is 360 g/mol. The molecule has 1 saturated heterocycles. The molecule has 1 unspecified atom stereocenters. The zero-order chi connectivity index (χ0) is 16.5. The molecule has 5 nitrogen and oxygen atoms in total. The van der Waals surface area contributed by atoms with Crippen molar-refractivity contribution in [2.24, 2.45) is 0 Å². The van der Waals surface area contributed by atoms with Gasteiger partial charge in [0.2, 0.25) is 0 Å². The summed E-state index contributed by atoms with van der Waals surface area (Å²) in [5.74, 6) is 1.21. The molecular weight excluding hydrogens is 340 g/mol. The Morgan fingerprint density at radius 1 is 1.33 bits per heavy atom. The highest BCUT2D eigenvalue weighted by atomic mass is 32.1. The second kappa shape index (κ2) is 6.74. The number of nitrogens with zero attached hydrogens (tertiary/aromatic N) is 4. The van der Waals surface area contributed by atoms with Gasteiger partial charge >= 0.3 is 0 Å². The van der Waals surface area contributed by atoms with Crippen molar-refractivity contribution in [2.75, 3.05) is 13.1 Å². The van der Waals surface area contributed by atoms with E-state index in [-0.39, 0.29) is 0 Å². The van der Waals surface area contributed by atoms with Crippen molar-refractivity contribution < 1.29 is 4.52 Å². The van der Waals surface area contributed by atoms with Gasteiger partial charge in [0.15, 0.2) is 5.76 Å². The van der Waals surface area contributed by atoms with E-state index in [2.05, 4.69) is 38.7 Å². The van der Waals surface area contributed by atoms with Crippen LogP contribution in [-0.4, -0.2) is 32.7 Å². The van der Waals surface area contributed by atoms with Crippen LogP contribution < -0.4 is 0 Å². The molecule has 7 heteroatoms. The molecular formula is C17H20N4OS2. The van der Waals surface area contributed by atoms with Crippen molar-refractivity contribution in [3.8, 4) is 10.6 Å². The SMILES string of the molecule is Cc1cc(-c2snnc2C2CCCN(Cc3ccc(C)s3)C2)on1. The Hall–Kier alpha value is -1.57. The van der Waals surface area contributed by atoms with Crippen LogP contribution in [0.4, 0.5) is 0 Å². The predicted molar refractivity (Wildman–Crippen MR) is 96.5 cm³/mol. The van der Waals surface area contributed by atoms with Crippen LogP contribution in [0.5, 0.6) is 0 Å². The van der Waals surface area contributed by atoms with Gasteiger partial charge in [-0.1, -0.05) is 9.64 Å². The lowest BCUT2D eigenvalue weighted by atomic mass is 9.93. The molecule has 4 heterocycles. The minimum Gasteiger partial charge on any atom is -0.355 e. The van der Waals surface area contributed by atoms with Gasteiger partial charge in [-0.2, -0.15) is 0 Å². The Labute approximate surface area is 149 Å². The Morgan fingerprint density at radius 3 is 3.00 bits per heavy atom. The molecule has 24 heavy (non-hydrogen) atoms. The molecule has 1 fully saturated rings. The van der Waals surface area contributed by atoms with Gasteiger partial charge in [0.05, 0.1) is 11.4 Å². The number of piperidine rings is 1. The maximum Gasteiger partial charge on any atom is 0.180 e. The fourth-order valence-electron chi connectivity index (χ4n) is 3.32. The van der Waals surface area contributed by atoms with Gasteiger partial charge < -0.3 is 4.52 Å². The number of aromatic nitrogens is 3. The average Bonchev–Trinajstić information content (AvgIpc) is 3.28. The molecule has 126 valence electrons. The molecule has 1 atom stereocenters. The van der Waals surface area contributed by atoms with E-state index in [1.54, 1.807) is 0 Å². The summed E-state index contributed by atoms with van der Waals surface area (Å²) in [5, 5.41) is 8.43. The fourth-order valence-corrected chi connectivity index (χ4v) is 4.95. The molecule has 4 rings (SSSR count). The largest absolute Gasteiger partial charge is 0.355 e. The fraction of sp³-hybridized carbons (Fsp3) is 0.471. The first-order valence-corrected chi connectivity index (χ1v) is 9.81. The zero-order valence-electron chi connectivity index (χ0n) is 13.9. The van der Waals surface area contributed by atoms with Crippen LogP contribution in [-0.2, 0) is 6.54 Å². The maximum absolute atomic E-state index is 5.43. The summed E-state index contributed by atoms with van der Waals surface area (Å²) < 4.78 is 9.62. The zero-order valence-corrected chi connectivity index (χ0v) is 15.5. The van der Waals surface area contributed by atoms with Gasteiger partial charge in [-0.05, 0) is 56.9 Å². The third-order valence-corrected chi connectivity index (χ3v) is 6.17. The van der Waals surface area contributed by atoms with Gasteiger partial charge in [-0.3, -0.25) is 4.90 Å². The van der Waals surface area contributed by atoms with Crippen LogP contribution in [0.25, 0.3) is 10.6 Å². The van der Waals surface area contributed by atoms with E-state index >= 15 is 0 Å². The minimum absolute atomic E-state index is 0.416. The normalized spacial score (nSPS) is 19.0. The molecule has 1 aliphatic heterocycles. The Kier molecular flexibility index (Phi) is 4.47. The molecule has 0 amide bonds. The lowest BCUT2D eigenvalue weighted by molar-refractivity contribution is 0.200.